The van der Waals surface area contributed by atoms with Gasteiger partial charge in [-0.3, -0.25) is 9.58 Å². The first-order chi connectivity index (χ1) is 12.5. The molecule has 2 saturated heterocycles. The van der Waals surface area contributed by atoms with Crippen molar-refractivity contribution in [1.82, 2.24) is 19.7 Å². The molecular weight excluding hydrogens is 357 g/mol. The van der Waals surface area contributed by atoms with E-state index in [1.54, 1.807) is 0 Å². The summed E-state index contributed by atoms with van der Waals surface area (Å²) in [5, 5.41) is 4.67. The molecule has 0 radical (unpaired) electrons. The molecule has 2 aliphatic heterocycles. The zero-order valence-electron chi connectivity index (χ0n) is 15.0. The van der Waals surface area contributed by atoms with Crippen molar-refractivity contribution in [3.8, 4) is 0 Å². The zero-order chi connectivity index (χ0) is 18.3. The highest BCUT2D eigenvalue weighted by Gasteiger charge is 2.35. The number of halogens is 2. The van der Waals surface area contributed by atoms with E-state index >= 15 is 0 Å². The van der Waals surface area contributed by atoms with E-state index in [4.69, 9.17) is 16.3 Å². The second-order valence-electron chi connectivity index (χ2n) is 7.23. The van der Waals surface area contributed by atoms with Crippen LogP contribution in [0.4, 0.5) is 10.2 Å². The van der Waals surface area contributed by atoms with E-state index in [-0.39, 0.29) is 11.9 Å². The van der Waals surface area contributed by atoms with Crippen molar-refractivity contribution in [2.75, 3.05) is 37.7 Å². The van der Waals surface area contributed by atoms with Gasteiger partial charge in [-0.15, -0.1) is 0 Å². The molecule has 0 aliphatic carbocycles. The number of anilines is 1. The van der Waals surface area contributed by atoms with Gasteiger partial charge in [0, 0.05) is 56.6 Å². The molecule has 0 saturated carbocycles. The number of aryl methyl sites for hydroxylation is 1. The first kappa shape index (κ1) is 17.7. The highest BCUT2D eigenvalue weighted by molar-refractivity contribution is 6.30. The quantitative estimate of drug-likeness (QED) is 0.818. The van der Waals surface area contributed by atoms with E-state index in [1.165, 1.54) is 23.5 Å². The van der Waals surface area contributed by atoms with Crippen LogP contribution in [-0.2, 0) is 18.3 Å². The van der Waals surface area contributed by atoms with Crippen LogP contribution in [0.3, 0.4) is 0 Å². The summed E-state index contributed by atoms with van der Waals surface area (Å²) in [5.74, 6) is 0.315. The van der Waals surface area contributed by atoms with Crippen LogP contribution in [0, 0.1) is 18.7 Å². The highest BCUT2D eigenvalue weighted by atomic mass is 35.5. The van der Waals surface area contributed by atoms with Crippen LogP contribution in [0.2, 0.25) is 5.02 Å². The minimum Gasteiger partial charge on any atom is -0.379 e. The van der Waals surface area contributed by atoms with Gasteiger partial charge in [-0.1, -0.05) is 11.6 Å². The Morgan fingerprint density at radius 3 is 2.85 bits per heavy atom. The molecule has 4 rings (SSSR count). The Balaban J connectivity index is 1.58. The third kappa shape index (κ3) is 3.43. The smallest absolute Gasteiger partial charge is 0.167 e. The predicted molar refractivity (Wildman–Crippen MR) is 97.9 cm³/mol. The fourth-order valence-electron chi connectivity index (χ4n) is 3.85. The normalized spacial score (nSPS) is 23.9. The van der Waals surface area contributed by atoms with Crippen molar-refractivity contribution in [3.63, 3.8) is 0 Å². The molecular formula is C18H23ClFN5O. The average Bonchev–Trinajstić information content (AvgIpc) is 2.76. The van der Waals surface area contributed by atoms with E-state index in [1.807, 2.05) is 22.8 Å². The molecule has 140 valence electrons. The van der Waals surface area contributed by atoms with E-state index in [9.17, 15) is 4.39 Å². The summed E-state index contributed by atoms with van der Waals surface area (Å²) in [4.78, 5) is 8.72. The molecule has 2 aromatic rings. The molecule has 0 aromatic carbocycles. The fraction of sp³-hybridized carbons (Fsp3) is 0.556. The van der Waals surface area contributed by atoms with E-state index < -0.39 is 0 Å². The monoisotopic (exact) mass is 379 g/mol. The fourth-order valence-corrected chi connectivity index (χ4v) is 4.00. The minimum absolute atomic E-state index is 0.180. The van der Waals surface area contributed by atoms with Gasteiger partial charge >= 0.3 is 0 Å². The Bertz CT molecular complexity index is 798. The molecule has 6 nitrogen and oxygen atoms in total. The molecule has 2 fully saturated rings. The lowest BCUT2D eigenvalue weighted by atomic mass is 10.1. The topological polar surface area (TPSA) is 46.4 Å². The molecule has 0 N–H and O–H groups in total. The van der Waals surface area contributed by atoms with Crippen molar-refractivity contribution >= 4 is 17.4 Å². The van der Waals surface area contributed by atoms with E-state index in [2.05, 4.69) is 21.9 Å². The highest BCUT2D eigenvalue weighted by Crippen LogP contribution is 2.27. The third-order valence-corrected chi connectivity index (χ3v) is 5.59. The molecule has 2 aromatic heterocycles. The lowest BCUT2D eigenvalue weighted by Gasteiger charge is -2.32. The largest absolute Gasteiger partial charge is 0.379 e. The second kappa shape index (κ2) is 7.13. The number of nitrogens with zero attached hydrogens (tertiary/aromatic N) is 5. The summed E-state index contributed by atoms with van der Waals surface area (Å²) < 4.78 is 22.2. The summed E-state index contributed by atoms with van der Waals surface area (Å²) in [6, 6.07) is 1.51. The lowest BCUT2D eigenvalue weighted by Crippen LogP contribution is -2.44. The number of pyridine rings is 1. The number of ether oxygens (including phenoxy) is 1. The third-order valence-electron chi connectivity index (χ3n) is 5.38. The molecule has 0 spiro atoms. The van der Waals surface area contributed by atoms with Crippen molar-refractivity contribution in [2.24, 2.45) is 13.0 Å². The maximum atomic E-state index is 14.4. The first-order valence-electron chi connectivity index (χ1n) is 8.86. The number of hydrogen-bond acceptors (Lipinski definition) is 5. The van der Waals surface area contributed by atoms with Crippen LogP contribution >= 0.6 is 11.6 Å². The number of rotatable bonds is 3. The number of hydrogen-bond donors (Lipinski definition) is 0. The van der Waals surface area contributed by atoms with Gasteiger partial charge in [0.05, 0.1) is 30.5 Å². The molecule has 2 atom stereocenters. The Hall–Kier alpha value is -1.70. The van der Waals surface area contributed by atoms with Gasteiger partial charge < -0.3 is 9.64 Å². The van der Waals surface area contributed by atoms with Crippen LogP contribution in [0.25, 0.3) is 0 Å². The maximum absolute atomic E-state index is 14.4. The summed E-state index contributed by atoms with van der Waals surface area (Å²) in [5.41, 5.74) is 2.40. The summed E-state index contributed by atoms with van der Waals surface area (Å²) in [6.07, 6.45) is 3.44. The molecule has 26 heavy (non-hydrogen) atoms. The van der Waals surface area contributed by atoms with Gasteiger partial charge in [-0.25, -0.2) is 9.37 Å². The first-order valence-corrected chi connectivity index (χ1v) is 9.24. The summed E-state index contributed by atoms with van der Waals surface area (Å²) in [6.45, 7) is 6.57. The van der Waals surface area contributed by atoms with E-state index in [0.717, 1.165) is 19.6 Å². The van der Waals surface area contributed by atoms with Gasteiger partial charge in [0.25, 0.3) is 0 Å². The minimum atomic E-state index is -0.368. The van der Waals surface area contributed by atoms with Crippen LogP contribution in [0.15, 0.2) is 18.5 Å². The molecule has 2 bridgehead atoms. The molecule has 0 amide bonds. The van der Waals surface area contributed by atoms with Gasteiger partial charge in [0.1, 0.15) is 0 Å². The maximum Gasteiger partial charge on any atom is 0.167 e. The molecule has 2 aliphatic rings. The molecule has 0 unspecified atom stereocenters. The number of aromatic nitrogens is 3. The van der Waals surface area contributed by atoms with Gasteiger partial charge in [0.15, 0.2) is 11.6 Å². The average molecular weight is 380 g/mol. The number of fused-ring (bicyclic) bond motifs is 3. The van der Waals surface area contributed by atoms with Crippen molar-refractivity contribution < 1.29 is 9.13 Å². The van der Waals surface area contributed by atoms with Crippen LogP contribution in [0.1, 0.15) is 11.3 Å². The second-order valence-corrected chi connectivity index (χ2v) is 7.67. The van der Waals surface area contributed by atoms with Crippen molar-refractivity contribution in [1.29, 1.82) is 0 Å². The predicted octanol–water partition coefficient (Wildman–Crippen LogP) is 2.25. The Morgan fingerprint density at radius 2 is 2.12 bits per heavy atom. The van der Waals surface area contributed by atoms with Gasteiger partial charge in [-0.05, 0) is 13.0 Å². The Morgan fingerprint density at radius 1 is 1.27 bits per heavy atom. The summed E-state index contributed by atoms with van der Waals surface area (Å²) in [7, 11) is 1.96. The van der Waals surface area contributed by atoms with Crippen LogP contribution in [0.5, 0.6) is 0 Å². The zero-order valence-corrected chi connectivity index (χ0v) is 15.8. The van der Waals surface area contributed by atoms with Crippen molar-refractivity contribution in [2.45, 2.75) is 19.5 Å². The Labute approximate surface area is 157 Å². The van der Waals surface area contributed by atoms with Crippen LogP contribution < -0.4 is 4.90 Å². The van der Waals surface area contributed by atoms with E-state index in [0.29, 0.717) is 36.5 Å². The summed E-state index contributed by atoms with van der Waals surface area (Å²) >= 11 is 5.86. The van der Waals surface area contributed by atoms with Gasteiger partial charge in [0.2, 0.25) is 0 Å². The van der Waals surface area contributed by atoms with Crippen LogP contribution in [-0.4, -0.2) is 58.6 Å². The van der Waals surface area contributed by atoms with Gasteiger partial charge in [-0.2, -0.15) is 5.10 Å². The Kier molecular flexibility index (Phi) is 4.86. The molecule has 8 heteroatoms. The standard InChI is InChI=1S/C18H23ClFN5O/c1-12-14(4-22-23(12)2)8-24-6-13-7-25(9-16(24)11-26-10-13)18-17(20)3-15(19)5-21-18/h3-5,13,16H,6-11H2,1-2H3/t13-,16+/m1/s1. The lowest BCUT2D eigenvalue weighted by molar-refractivity contribution is 0.0870. The molecule has 4 heterocycles. The SMILES string of the molecule is Cc1c(CN2C[C@H]3COC[C@@H]2CN(c2ncc(Cl)cc2F)C3)cnn1C. The van der Waals surface area contributed by atoms with Crippen molar-refractivity contribution in [3.05, 3.63) is 40.6 Å².